The second kappa shape index (κ2) is 8.87. The van der Waals surface area contributed by atoms with Crippen LogP contribution in [0.15, 0.2) is 42.5 Å². The predicted octanol–water partition coefficient (Wildman–Crippen LogP) is 3.32. The van der Waals surface area contributed by atoms with Crippen molar-refractivity contribution in [2.24, 2.45) is 5.73 Å². The number of carbonyl (C=O) groups is 1. The lowest BCUT2D eigenvalue weighted by Gasteiger charge is -2.27. The van der Waals surface area contributed by atoms with E-state index in [0.29, 0.717) is 11.3 Å². The first-order valence-electron chi connectivity index (χ1n) is 7.88. The van der Waals surface area contributed by atoms with Crippen LogP contribution in [0.25, 0.3) is 0 Å². The number of hydrogen-bond donors (Lipinski definition) is 2. The van der Waals surface area contributed by atoms with Crippen molar-refractivity contribution in [1.82, 2.24) is 5.32 Å². The van der Waals surface area contributed by atoms with Crippen LogP contribution >= 0.6 is 12.4 Å². The molecule has 0 spiro atoms. The maximum atomic E-state index is 14.4. The molecule has 142 valence electrons. The third-order valence-electron chi connectivity index (χ3n) is 4.16. The number of nitrogens with one attached hydrogen (secondary N) is 1. The summed E-state index contributed by atoms with van der Waals surface area (Å²) in [5.41, 5.74) is 5.92. The SMILES string of the molecule is COc1cc(F)c(C(C)NC(=O)C(C)(N)c2ccccc2)cc1OC.Cl. The van der Waals surface area contributed by atoms with E-state index in [9.17, 15) is 9.18 Å². The molecule has 0 saturated heterocycles. The normalized spacial score (nSPS) is 13.8. The molecule has 0 aromatic heterocycles. The maximum absolute atomic E-state index is 14.4. The minimum atomic E-state index is -1.23. The first-order valence-corrected chi connectivity index (χ1v) is 7.88. The topological polar surface area (TPSA) is 73.6 Å². The van der Waals surface area contributed by atoms with Crippen LogP contribution in [0.1, 0.15) is 31.0 Å². The molecule has 0 fully saturated rings. The summed E-state index contributed by atoms with van der Waals surface area (Å²) in [4.78, 5) is 12.6. The lowest BCUT2D eigenvalue weighted by Crippen LogP contribution is -2.49. The van der Waals surface area contributed by atoms with Crippen molar-refractivity contribution in [3.8, 4) is 11.5 Å². The molecule has 0 aliphatic heterocycles. The maximum Gasteiger partial charge on any atom is 0.244 e. The van der Waals surface area contributed by atoms with E-state index in [1.54, 1.807) is 26.0 Å². The van der Waals surface area contributed by atoms with Crippen molar-refractivity contribution in [2.75, 3.05) is 14.2 Å². The molecule has 0 saturated carbocycles. The molecule has 26 heavy (non-hydrogen) atoms. The van der Waals surface area contributed by atoms with E-state index in [1.165, 1.54) is 26.4 Å². The zero-order valence-corrected chi connectivity index (χ0v) is 16.0. The number of rotatable bonds is 6. The first-order chi connectivity index (χ1) is 11.8. The Labute approximate surface area is 159 Å². The molecule has 5 nitrogen and oxygen atoms in total. The lowest BCUT2D eigenvalue weighted by atomic mass is 9.91. The molecule has 3 N–H and O–H groups in total. The number of amides is 1. The highest BCUT2D eigenvalue weighted by molar-refractivity contribution is 5.87. The molecule has 2 aromatic carbocycles. The Morgan fingerprint density at radius 1 is 1.15 bits per heavy atom. The van der Waals surface area contributed by atoms with Gasteiger partial charge in [0.2, 0.25) is 5.91 Å². The number of ether oxygens (including phenoxy) is 2. The van der Waals surface area contributed by atoms with Crippen molar-refractivity contribution >= 4 is 18.3 Å². The Morgan fingerprint density at radius 3 is 2.23 bits per heavy atom. The molecule has 0 aliphatic rings. The number of carbonyl (C=O) groups excluding carboxylic acids is 1. The van der Waals surface area contributed by atoms with E-state index < -0.39 is 23.3 Å². The summed E-state index contributed by atoms with van der Waals surface area (Å²) in [6, 6.07) is 11.2. The van der Waals surface area contributed by atoms with Gasteiger partial charge >= 0.3 is 0 Å². The summed E-state index contributed by atoms with van der Waals surface area (Å²) in [5, 5.41) is 2.76. The van der Waals surface area contributed by atoms with Crippen molar-refractivity contribution in [3.63, 3.8) is 0 Å². The minimum Gasteiger partial charge on any atom is -0.493 e. The average Bonchev–Trinajstić information content (AvgIpc) is 2.61. The highest BCUT2D eigenvalue weighted by Gasteiger charge is 2.32. The fourth-order valence-corrected chi connectivity index (χ4v) is 2.54. The van der Waals surface area contributed by atoms with Crippen LogP contribution in [0, 0.1) is 5.82 Å². The Bertz CT molecular complexity index is 754. The van der Waals surface area contributed by atoms with Gasteiger partial charge in [-0.15, -0.1) is 12.4 Å². The summed E-state index contributed by atoms with van der Waals surface area (Å²) < 4.78 is 24.6. The van der Waals surface area contributed by atoms with Crippen molar-refractivity contribution in [3.05, 3.63) is 59.4 Å². The predicted molar refractivity (Wildman–Crippen MR) is 101 cm³/mol. The molecule has 2 unspecified atom stereocenters. The van der Waals surface area contributed by atoms with Gasteiger partial charge in [0.15, 0.2) is 11.5 Å². The molecule has 2 atom stereocenters. The molecule has 2 rings (SSSR count). The summed E-state index contributed by atoms with van der Waals surface area (Å²) in [6.45, 7) is 3.30. The van der Waals surface area contributed by atoms with Crippen LogP contribution in [0.5, 0.6) is 11.5 Å². The van der Waals surface area contributed by atoms with Crippen LogP contribution in [0.3, 0.4) is 0 Å². The summed E-state index contributed by atoms with van der Waals surface area (Å²) in [7, 11) is 2.90. The largest absolute Gasteiger partial charge is 0.493 e. The fourth-order valence-electron chi connectivity index (χ4n) is 2.54. The molecule has 1 amide bonds. The second-order valence-corrected chi connectivity index (χ2v) is 5.99. The van der Waals surface area contributed by atoms with Crippen LogP contribution in [0.2, 0.25) is 0 Å². The van der Waals surface area contributed by atoms with E-state index in [2.05, 4.69) is 5.32 Å². The molecule has 0 bridgehead atoms. The lowest BCUT2D eigenvalue weighted by molar-refractivity contribution is -0.126. The molecule has 7 heteroatoms. The third-order valence-corrected chi connectivity index (χ3v) is 4.16. The van der Waals surface area contributed by atoms with Gasteiger partial charge in [-0.1, -0.05) is 30.3 Å². The Kier molecular flexibility index (Phi) is 7.41. The van der Waals surface area contributed by atoms with Crippen molar-refractivity contribution in [1.29, 1.82) is 0 Å². The Balaban J connectivity index is 0.00000338. The fraction of sp³-hybridized carbons (Fsp3) is 0.316. The first kappa shape index (κ1) is 21.7. The smallest absolute Gasteiger partial charge is 0.244 e. The number of benzene rings is 2. The van der Waals surface area contributed by atoms with Gasteiger partial charge in [0, 0.05) is 11.6 Å². The number of halogens is 2. The molecular formula is C19H24ClFN2O3. The van der Waals surface area contributed by atoms with Gasteiger partial charge in [-0.2, -0.15) is 0 Å². The quantitative estimate of drug-likeness (QED) is 0.803. The highest BCUT2D eigenvalue weighted by Crippen LogP contribution is 2.32. The van der Waals surface area contributed by atoms with Crippen LogP contribution < -0.4 is 20.5 Å². The van der Waals surface area contributed by atoms with Crippen LogP contribution in [-0.2, 0) is 10.3 Å². The number of methoxy groups -OCH3 is 2. The van der Waals surface area contributed by atoms with E-state index in [-0.39, 0.29) is 23.7 Å². The Morgan fingerprint density at radius 2 is 1.69 bits per heavy atom. The van der Waals surface area contributed by atoms with Gasteiger partial charge in [-0.05, 0) is 25.5 Å². The van der Waals surface area contributed by atoms with Gasteiger partial charge in [0.1, 0.15) is 11.4 Å². The summed E-state index contributed by atoms with van der Waals surface area (Å²) >= 11 is 0. The van der Waals surface area contributed by atoms with Crippen molar-refractivity contribution < 1.29 is 18.7 Å². The molecule has 0 heterocycles. The van der Waals surface area contributed by atoms with Gasteiger partial charge in [-0.25, -0.2) is 4.39 Å². The van der Waals surface area contributed by atoms with Gasteiger partial charge in [-0.3, -0.25) is 4.79 Å². The minimum absolute atomic E-state index is 0. The van der Waals surface area contributed by atoms with E-state index in [0.717, 1.165) is 0 Å². The number of hydrogen-bond acceptors (Lipinski definition) is 4. The van der Waals surface area contributed by atoms with E-state index in [1.807, 2.05) is 18.2 Å². The van der Waals surface area contributed by atoms with E-state index >= 15 is 0 Å². The van der Waals surface area contributed by atoms with Gasteiger partial charge in [0.05, 0.1) is 20.3 Å². The standard InChI is InChI=1S/C19H23FN2O3.ClH/c1-12(14-10-16(24-3)17(25-4)11-15(14)20)22-18(23)19(2,21)13-8-6-5-7-9-13;/h5-12H,21H2,1-4H3,(H,22,23);1H. The molecule has 0 radical (unpaired) electrons. The number of nitrogens with two attached hydrogens (primary N) is 1. The Hall–Kier alpha value is -2.31. The second-order valence-electron chi connectivity index (χ2n) is 5.99. The van der Waals surface area contributed by atoms with Crippen LogP contribution in [0.4, 0.5) is 4.39 Å². The monoisotopic (exact) mass is 382 g/mol. The van der Waals surface area contributed by atoms with Crippen LogP contribution in [-0.4, -0.2) is 20.1 Å². The zero-order valence-electron chi connectivity index (χ0n) is 15.2. The van der Waals surface area contributed by atoms with E-state index in [4.69, 9.17) is 15.2 Å². The third kappa shape index (κ3) is 4.45. The summed E-state index contributed by atoms with van der Waals surface area (Å²) in [5.74, 6) is -0.224. The molecule has 0 aliphatic carbocycles. The van der Waals surface area contributed by atoms with Gasteiger partial charge < -0.3 is 20.5 Å². The average molecular weight is 383 g/mol. The summed E-state index contributed by atoms with van der Waals surface area (Å²) in [6.07, 6.45) is 0. The zero-order chi connectivity index (χ0) is 18.6. The van der Waals surface area contributed by atoms with Crippen molar-refractivity contribution in [2.45, 2.75) is 25.4 Å². The highest BCUT2D eigenvalue weighted by atomic mass is 35.5. The molecule has 2 aromatic rings. The van der Waals surface area contributed by atoms with Gasteiger partial charge in [0.25, 0.3) is 0 Å². The molecular weight excluding hydrogens is 359 g/mol.